The molecule has 2 aromatic rings. The Bertz CT molecular complexity index is 697. The highest BCUT2D eigenvalue weighted by molar-refractivity contribution is 7.13. The van der Waals surface area contributed by atoms with Gasteiger partial charge >= 0.3 is 0 Å². The fraction of sp³-hybridized carbons (Fsp3) is 0.353. The van der Waals surface area contributed by atoms with Crippen molar-refractivity contribution in [2.24, 2.45) is 0 Å². The van der Waals surface area contributed by atoms with Gasteiger partial charge in [0.1, 0.15) is 4.88 Å². The van der Waals surface area contributed by atoms with Gasteiger partial charge in [-0.1, -0.05) is 19.1 Å². The lowest BCUT2D eigenvalue weighted by molar-refractivity contribution is -0.114. The number of benzene rings is 1. The highest BCUT2D eigenvalue weighted by Gasteiger charge is 2.14. The number of rotatable bonds is 6. The summed E-state index contributed by atoms with van der Waals surface area (Å²) >= 11 is 1.43. The predicted octanol–water partition coefficient (Wildman–Crippen LogP) is 3.55. The molecule has 1 aromatic heterocycles. The summed E-state index contributed by atoms with van der Waals surface area (Å²) in [5.74, 6) is -0.241. The number of aryl methyl sites for hydroxylation is 1. The van der Waals surface area contributed by atoms with E-state index < -0.39 is 0 Å². The zero-order chi connectivity index (χ0) is 16.8. The van der Waals surface area contributed by atoms with Crippen molar-refractivity contribution in [3.05, 3.63) is 45.9 Å². The summed E-state index contributed by atoms with van der Waals surface area (Å²) in [6.45, 7) is 5.47. The third-order valence-electron chi connectivity index (χ3n) is 3.30. The number of hydrogen-bond acceptors (Lipinski definition) is 4. The normalized spacial score (nSPS) is 11.8. The summed E-state index contributed by atoms with van der Waals surface area (Å²) in [4.78, 5) is 28.3. The number of anilines is 1. The van der Waals surface area contributed by atoms with E-state index in [2.05, 4.69) is 22.5 Å². The molecule has 2 N–H and O–H groups in total. The van der Waals surface area contributed by atoms with Crippen molar-refractivity contribution in [1.82, 2.24) is 10.3 Å². The molecule has 0 aliphatic rings. The minimum atomic E-state index is -0.159. The summed E-state index contributed by atoms with van der Waals surface area (Å²) in [6, 6.07) is 7.30. The number of nitrogens with one attached hydrogen (secondary N) is 2. The third-order valence-corrected chi connectivity index (χ3v) is 4.35. The average molecular weight is 331 g/mol. The second-order valence-electron chi connectivity index (χ2n) is 5.37. The Kier molecular flexibility index (Phi) is 5.87. The molecule has 1 aromatic carbocycles. The molecule has 2 amide bonds. The van der Waals surface area contributed by atoms with Gasteiger partial charge in [-0.25, -0.2) is 4.98 Å². The molecule has 122 valence electrons. The lowest BCUT2D eigenvalue weighted by atomic mass is 10.1. The van der Waals surface area contributed by atoms with Gasteiger partial charge in [0.2, 0.25) is 5.91 Å². The fourth-order valence-corrected chi connectivity index (χ4v) is 3.11. The SMILES string of the molecule is CCCc1ncc(C(=O)NC(C)c2cccc(NC(C)=O)c2)s1. The Morgan fingerprint density at radius 2 is 2.13 bits per heavy atom. The van der Waals surface area contributed by atoms with E-state index in [1.54, 1.807) is 6.20 Å². The van der Waals surface area contributed by atoms with E-state index in [-0.39, 0.29) is 17.9 Å². The van der Waals surface area contributed by atoms with Crippen LogP contribution in [-0.4, -0.2) is 16.8 Å². The predicted molar refractivity (Wildman–Crippen MR) is 92.7 cm³/mol. The van der Waals surface area contributed by atoms with Gasteiger partial charge in [0.05, 0.1) is 17.2 Å². The number of hydrogen-bond donors (Lipinski definition) is 2. The smallest absolute Gasteiger partial charge is 0.263 e. The number of carbonyl (C=O) groups excluding carboxylic acids is 2. The molecule has 0 spiro atoms. The van der Waals surface area contributed by atoms with E-state index in [0.29, 0.717) is 4.88 Å². The highest BCUT2D eigenvalue weighted by atomic mass is 32.1. The third kappa shape index (κ3) is 4.89. The van der Waals surface area contributed by atoms with Crippen LogP contribution in [-0.2, 0) is 11.2 Å². The molecule has 1 unspecified atom stereocenters. The fourth-order valence-electron chi connectivity index (χ4n) is 2.18. The molecule has 0 saturated carbocycles. The van der Waals surface area contributed by atoms with Crippen LogP contribution in [0.2, 0.25) is 0 Å². The summed E-state index contributed by atoms with van der Waals surface area (Å²) in [7, 11) is 0. The molecule has 0 saturated heterocycles. The van der Waals surface area contributed by atoms with E-state index in [0.717, 1.165) is 29.1 Å². The number of nitrogens with zero attached hydrogens (tertiary/aromatic N) is 1. The van der Waals surface area contributed by atoms with Gasteiger partial charge in [-0.2, -0.15) is 0 Å². The van der Waals surface area contributed by atoms with Crippen LogP contribution in [0.1, 0.15) is 53.5 Å². The van der Waals surface area contributed by atoms with Gasteiger partial charge < -0.3 is 10.6 Å². The van der Waals surface area contributed by atoms with Gasteiger partial charge in [-0.15, -0.1) is 11.3 Å². The molecule has 0 aliphatic carbocycles. The van der Waals surface area contributed by atoms with Gasteiger partial charge in [0.25, 0.3) is 5.91 Å². The van der Waals surface area contributed by atoms with Crippen LogP contribution in [0.25, 0.3) is 0 Å². The molecule has 0 fully saturated rings. The maximum atomic E-state index is 12.3. The molecule has 6 heteroatoms. The first-order chi connectivity index (χ1) is 11.0. The van der Waals surface area contributed by atoms with Crippen LogP contribution < -0.4 is 10.6 Å². The Hall–Kier alpha value is -2.21. The van der Waals surface area contributed by atoms with Crippen molar-refractivity contribution in [3.8, 4) is 0 Å². The molecule has 0 bridgehead atoms. The largest absolute Gasteiger partial charge is 0.345 e. The van der Waals surface area contributed by atoms with Gasteiger partial charge in [0.15, 0.2) is 0 Å². The van der Waals surface area contributed by atoms with Crippen LogP contribution in [0.15, 0.2) is 30.5 Å². The number of aromatic nitrogens is 1. The maximum Gasteiger partial charge on any atom is 0.263 e. The van der Waals surface area contributed by atoms with Crippen molar-refractivity contribution in [3.63, 3.8) is 0 Å². The molecule has 1 heterocycles. The first-order valence-corrected chi connectivity index (χ1v) is 8.44. The van der Waals surface area contributed by atoms with Crippen LogP contribution in [0.4, 0.5) is 5.69 Å². The van der Waals surface area contributed by atoms with Crippen molar-refractivity contribution in [1.29, 1.82) is 0 Å². The van der Waals surface area contributed by atoms with Crippen LogP contribution >= 0.6 is 11.3 Å². The molecule has 23 heavy (non-hydrogen) atoms. The van der Waals surface area contributed by atoms with Crippen LogP contribution in [0.3, 0.4) is 0 Å². The van der Waals surface area contributed by atoms with Crippen molar-refractivity contribution < 1.29 is 9.59 Å². The van der Waals surface area contributed by atoms with E-state index in [4.69, 9.17) is 0 Å². The van der Waals surface area contributed by atoms with Gasteiger partial charge in [0, 0.05) is 12.6 Å². The van der Waals surface area contributed by atoms with Crippen molar-refractivity contribution >= 4 is 28.8 Å². The number of carbonyl (C=O) groups is 2. The zero-order valence-electron chi connectivity index (χ0n) is 13.6. The maximum absolute atomic E-state index is 12.3. The van der Waals surface area contributed by atoms with E-state index in [1.165, 1.54) is 18.3 Å². The van der Waals surface area contributed by atoms with E-state index in [9.17, 15) is 9.59 Å². The minimum Gasteiger partial charge on any atom is -0.345 e. The summed E-state index contributed by atoms with van der Waals surface area (Å²) < 4.78 is 0. The molecular formula is C17H21N3O2S. The van der Waals surface area contributed by atoms with Gasteiger partial charge in [-0.05, 0) is 37.5 Å². The summed E-state index contributed by atoms with van der Waals surface area (Å²) in [5.41, 5.74) is 1.65. The quantitative estimate of drug-likeness (QED) is 0.850. The lowest BCUT2D eigenvalue weighted by Gasteiger charge is -2.14. The second kappa shape index (κ2) is 7.87. The van der Waals surface area contributed by atoms with Crippen LogP contribution in [0, 0.1) is 0 Å². The van der Waals surface area contributed by atoms with E-state index in [1.807, 2.05) is 31.2 Å². The van der Waals surface area contributed by atoms with Gasteiger partial charge in [-0.3, -0.25) is 9.59 Å². The minimum absolute atomic E-state index is 0.119. The molecule has 0 aliphatic heterocycles. The summed E-state index contributed by atoms with van der Waals surface area (Å²) in [6.07, 6.45) is 3.54. The lowest BCUT2D eigenvalue weighted by Crippen LogP contribution is -2.26. The zero-order valence-corrected chi connectivity index (χ0v) is 14.4. The standard InChI is InChI=1S/C17H21N3O2S/c1-4-6-16-18-10-15(23-16)17(22)19-11(2)13-7-5-8-14(9-13)20-12(3)21/h5,7-11H,4,6H2,1-3H3,(H,19,22)(H,20,21). The number of amides is 2. The molecule has 5 nitrogen and oxygen atoms in total. The molecule has 1 atom stereocenters. The molecule has 0 radical (unpaired) electrons. The Morgan fingerprint density at radius 1 is 1.35 bits per heavy atom. The second-order valence-corrected chi connectivity index (χ2v) is 6.49. The van der Waals surface area contributed by atoms with Crippen molar-refractivity contribution in [2.75, 3.05) is 5.32 Å². The molecular weight excluding hydrogens is 310 g/mol. The summed E-state index contributed by atoms with van der Waals surface area (Å²) in [5, 5.41) is 6.69. The number of thiazole rings is 1. The Morgan fingerprint density at radius 3 is 2.83 bits per heavy atom. The van der Waals surface area contributed by atoms with Crippen molar-refractivity contribution in [2.45, 2.75) is 39.7 Å². The Balaban J connectivity index is 2.04. The average Bonchev–Trinajstić information content (AvgIpc) is 2.96. The van der Waals surface area contributed by atoms with Crippen LogP contribution in [0.5, 0.6) is 0 Å². The topological polar surface area (TPSA) is 71.1 Å². The first kappa shape index (κ1) is 17.1. The van der Waals surface area contributed by atoms with E-state index >= 15 is 0 Å². The Labute approximate surface area is 140 Å². The highest BCUT2D eigenvalue weighted by Crippen LogP contribution is 2.20. The molecule has 2 rings (SSSR count). The monoisotopic (exact) mass is 331 g/mol. The first-order valence-electron chi connectivity index (χ1n) is 7.62.